The third-order valence-electron chi connectivity index (χ3n) is 7.95. The second kappa shape index (κ2) is 12.7. The number of benzene rings is 1. The van der Waals surface area contributed by atoms with E-state index in [1.807, 2.05) is 0 Å². The number of ether oxygens (including phenoxy) is 1. The zero-order valence-electron chi connectivity index (χ0n) is 19.3. The molecule has 1 heteroatoms. The van der Waals surface area contributed by atoms with Gasteiger partial charge in [-0.1, -0.05) is 77.3 Å². The normalized spacial score (nSPS) is 27.7. The zero-order chi connectivity index (χ0) is 20.3. The first-order valence-corrected chi connectivity index (χ1v) is 13.0. The fraction of sp³-hybridized carbons (Fsp3) is 0.786. The van der Waals surface area contributed by atoms with E-state index >= 15 is 0 Å². The lowest BCUT2D eigenvalue weighted by Gasteiger charge is -2.38. The SMILES string of the molecule is CCCCOc1ccc(CCC2CCC(C3CCC(CCCC)CC3)CC2)cc1. The number of aryl methyl sites for hydroxylation is 1. The summed E-state index contributed by atoms with van der Waals surface area (Å²) in [5.74, 6) is 5.18. The highest BCUT2D eigenvalue weighted by molar-refractivity contribution is 5.27. The molecular weight excluding hydrogens is 352 g/mol. The lowest BCUT2D eigenvalue weighted by molar-refractivity contribution is 0.140. The van der Waals surface area contributed by atoms with Gasteiger partial charge < -0.3 is 4.74 Å². The van der Waals surface area contributed by atoms with Crippen LogP contribution >= 0.6 is 0 Å². The van der Waals surface area contributed by atoms with Gasteiger partial charge in [-0.3, -0.25) is 0 Å². The minimum atomic E-state index is 0.847. The van der Waals surface area contributed by atoms with Crippen molar-refractivity contribution in [2.45, 2.75) is 110 Å². The lowest BCUT2D eigenvalue weighted by Crippen LogP contribution is -2.26. The van der Waals surface area contributed by atoms with Gasteiger partial charge in [0.25, 0.3) is 0 Å². The van der Waals surface area contributed by atoms with Gasteiger partial charge in [-0.05, 0) is 86.3 Å². The average Bonchev–Trinajstić information content (AvgIpc) is 2.78. The molecule has 1 aromatic carbocycles. The van der Waals surface area contributed by atoms with Crippen molar-refractivity contribution in [3.63, 3.8) is 0 Å². The fourth-order valence-electron chi connectivity index (χ4n) is 5.85. The van der Waals surface area contributed by atoms with Gasteiger partial charge in [0.15, 0.2) is 0 Å². The maximum Gasteiger partial charge on any atom is 0.119 e. The van der Waals surface area contributed by atoms with Crippen LogP contribution in [0.5, 0.6) is 5.75 Å². The molecule has 0 radical (unpaired) electrons. The molecule has 0 aromatic heterocycles. The summed E-state index contributed by atoms with van der Waals surface area (Å²) in [5.41, 5.74) is 1.49. The molecule has 2 aliphatic carbocycles. The van der Waals surface area contributed by atoms with Crippen LogP contribution in [-0.2, 0) is 6.42 Å². The van der Waals surface area contributed by atoms with Crippen LogP contribution in [0.4, 0.5) is 0 Å². The van der Waals surface area contributed by atoms with Gasteiger partial charge in [0.2, 0.25) is 0 Å². The molecule has 0 saturated heterocycles. The molecule has 0 atom stereocenters. The van der Waals surface area contributed by atoms with Gasteiger partial charge >= 0.3 is 0 Å². The van der Waals surface area contributed by atoms with Crippen molar-refractivity contribution in [1.29, 1.82) is 0 Å². The summed E-state index contributed by atoms with van der Waals surface area (Å²) < 4.78 is 5.79. The molecular formula is C28H46O. The Kier molecular flexibility index (Phi) is 9.91. The Morgan fingerprint density at radius 3 is 1.79 bits per heavy atom. The predicted octanol–water partition coefficient (Wildman–Crippen LogP) is 8.60. The molecule has 1 nitrogen and oxygen atoms in total. The van der Waals surface area contributed by atoms with E-state index in [4.69, 9.17) is 4.74 Å². The first-order valence-electron chi connectivity index (χ1n) is 13.0. The van der Waals surface area contributed by atoms with Crippen molar-refractivity contribution < 1.29 is 4.74 Å². The molecule has 0 aliphatic heterocycles. The number of hydrogen-bond acceptors (Lipinski definition) is 1. The molecule has 2 fully saturated rings. The van der Waals surface area contributed by atoms with E-state index in [9.17, 15) is 0 Å². The maximum absolute atomic E-state index is 5.79. The molecule has 0 unspecified atom stereocenters. The first kappa shape index (κ1) is 22.7. The van der Waals surface area contributed by atoms with E-state index in [1.54, 1.807) is 0 Å². The van der Waals surface area contributed by atoms with Crippen molar-refractivity contribution in [3.05, 3.63) is 29.8 Å². The lowest BCUT2D eigenvalue weighted by atomic mass is 9.68. The van der Waals surface area contributed by atoms with Crippen LogP contribution in [0.1, 0.15) is 109 Å². The van der Waals surface area contributed by atoms with E-state index in [0.717, 1.165) is 42.4 Å². The Bertz CT molecular complexity index is 532. The molecule has 2 saturated carbocycles. The van der Waals surface area contributed by atoms with Gasteiger partial charge in [-0.15, -0.1) is 0 Å². The summed E-state index contributed by atoms with van der Waals surface area (Å²) in [6, 6.07) is 8.89. The highest BCUT2D eigenvalue weighted by atomic mass is 16.5. The maximum atomic E-state index is 5.79. The smallest absolute Gasteiger partial charge is 0.119 e. The molecule has 0 spiro atoms. The Morgan fingerprint density at radius 1 is 0.690 bits per heavy atom. The highest BCUT2D eigenvalue weighted by Gasteiger charge is 2.30. The molecule has 0 amide bonds. The Morgan fingerprint density at radius 2 is 1.24 bits per heavy atom. The average molecular weight is 399 g/mol. The molecule has 3 rings (SSSR count). The quantitative estimate of drug-likeness (QED) is 0.339. The second-order valence-corrected chi connectivity index (χ2v) is 10.1. The summed E-state index contributed by atoms with van der Waals surface area (Å²) in [7, 11) is 0. The van der Waals surface area contributed by atoms with Crippen molar-refractivity contribution in [1.82, 2.24) is 0 Å². The van der Waals surface area contributed by atoms with Crippen LogP contribution in [0.2, 0.25) is 0 Å². The second-order valence-electron chi connectivity index (χ2n) is 10.1. The Hall–Kier alpha value is -0.980. The minimum absolute atomic E-state index is 0.847. The molecule has 164 valence electrons. The van der Waals surface area contributed by atoms with Crippen LogP contribution in [-0.4, -0.2) is 6.61 Å². The first-order chi connectivity index (χ1) is 14.3. The van der Waals surface area contributed by atoms with Gasteiger partial charge in [0, 0.05) is 0 Å². The molecule has 2 aliphatic rings. The summed E-state index contributed by atoms with van der Waals surface area (Å²) in [6.45, 7) is 5.39. The summed E-state index contributed by atoms with van der Waals surface area (Å²) in [5, 5.41) is 0. The molecule has 29 heavy (non-hydrogen) atoms. The van der Waals surface area contributed by atoms with E-state index < -0.39 is 0 Å². The van der Waals surface area contributed by atoms with Crippen molar-refractivity contribution >= 4 is 0 Å². The monoisotopic (exact) mass is 398 g/mol. The summed E-state index contributed by atoms with van der Waals surface area (Å²) in [4.78, 5) is 0. The van der Waals surface area contributed by atoms with Crippen molar-refractivity contribution in [3.8, 4) is 5.75 Å². The number of hydrogen-bond donors (Lipinski definition) is 0. The molecule has 0 heterocycles. The summed E-state index contributed by atoms with van der Waals surface area (Å²) >= 11 is 0. The van der Waals surface area contributed by atoms with E-state index in [0.29, 0.717) is 0 Å². The molecule has 0 bridgehead atoms. The summed E-state index contributed by atoms with van der Waals surface area (Å²) in [6.07, 6.45) is 21.4. The van der Waals surface area contributed by atoms with Crippen molar-refractivity contribution in [2.24, 2.45) is 23.7 Å². The number of rotatable bonds is 11. The van der Waals surface area contributed by atoms with Crippen LogP contribution in [0.15, 0.2) is 24.3 Å². The number of unbranched alkanes of at least 4 members (excludes halogenated alkanes) is 2. The fourth-order valence-corrected chi connectivity index (χ4v) is 5.85. The molecule has 1 aromatic rings. The van der Waals surface area contributed by atoms with E-state index in [2.05, 4.69) is 38.1 Å². The van der Waals surface area contributed by atoms with Crippen LogP contribution in [0.25, 0.3) is 0 Å². The third-order valence-corrected chi connectivity index (χ3v) is 7.95. The Balaban J connectivity index is 1.31. The topological polar surface area (TPSA) is 9.23 Å². The zero-order valence-corrected chi connectivity index (χ0v) is 19.3. The Labute approximate surface area is 181 Å². The highest BCUT2D eigenvalue weighted by Crippen LogP contribution is 2.43. The molecule has 0 N–H and O–H groups in total. The standard InChI is InChI=1S/C28H46O/c1-3-5-7-23-10-16-26(17-11-23)27-18-12-24(13-19-27)8-9-25-14-20-28(21-15-25)29-22-6-4-2/h14-15,20-21,23-24,26-27H,3-13,16-19,22H2,1-2H3. The van der Waals surface area contributed by atoms with Gasteiger partial charge in [-0.25, -0.2) is 0 Å². The third kappa shape index (κ3) is 7.65. The predicted molar refractivity (Wildman–Crippen MR) is 126 cm³/mol. The van der Waals surface area contributed by atoms with Gasteiger partial charge in [0.1, 0.15) is 5.75 Å². The largest absolute Gasteiger partial charge is 0.494 e. The van der Waals surface area contributed by atoms with E-state index in [1.165, 1.54) is 95.5 Å². The van der Waals surface area contributed by atoms with Crippen LogP contribution in [0, 0.1) is 23.7 Å². The van der Waals surface area contributed by atoms with Gasteiger partial charge in [-0.2, -0.15) is 0 Å². The van der Waals surface area contributed by atoms with Crippen molar-refractivity contribution in [2.75, 3.05) is 6.61 Å². The van der Waals surface area contributed by atoms with E-state index in [-0.39, 0.29) is 0 Å². The van der Waals surface area contributed by atoms with Crippen LogP contribution in [0.3, 0.4) is 0 Å². The minimum Gasteiger partial charge on any atom is -0.494 e. The van der Waals surface area contributed by atoms with Gasteiger partial charge in [0.05, 0.1) is 6.61 Å². The van der Waals surface area contributed by atoms with Crippen LogP contribution < -0.4 is 4.74 Å².